The molecule has 1 aromatic carbocycles. The van der Waals surface area contributed by atoms with E-state index in [0.717, 1.165) is 0 Å². The molecule has 2 aromatic rings. The number of oxazole rings is 1. The summed E-state index contributed by atoms with van der Waals surface area (Å²) in [6, 6.07) is 4.30. The molecule has 0 fully saturated rings. The highest BCUT2D eigenvalue weighted by Crippen LogP contribution is 2.20. The van der Waals surface area contributed by atoms with Gasteiger partial charge in [-0.15, -0.1) is 0 Å². The van der Waals surface area contributed by atoms with Crippen LogP contribution in [0.4, 0.5) is 0 Å². The number of nitrogens with zero attached hydrogens (tertiary/aromatic N) is 1. The SMILES string of the molecule is NC(=O)c1cc(C(N)=O)cc(-c2ncco2)c1. The van der Waals surface area contributed by atoms with E-state index in [4.69, 9.17) is 15.9 Å². The van der Waals surface area contributed by atoms with Gasteiger partial charge in [-0.05, 0) is 18.2 Å². The van der Waals surface area contributed by atoms with Crippen molar-refractivity contribution in [3.8, 4) is 11.5 Å². The molecular weight excluding hydrogens is 222 g/mol. The number of rotatable bonds is 3. The van der Waals surface area contributed by atoms with Gasteiger partial charge >= 0.3 is 0 Å². The lowest BCUT2D eigenvalue weighted by atomic mass is 10.0. The number of amides is 2. The van der Waals surface area contributed by atoms with Crippen molar-refractivity contribution in [2.45, 2.75) is 0 Å². The summed E-state index contributed by atoms with van der Waals surface area (Å²) in [4.78, 5) is 26.1. The summed E-state index contributed by atoms with van der Waals surface area (Å²) in [5.41, 5.74) is 11.1. The van der Waals surface area contributed by atoms with Gasteiger partial charge in [0.2, 0.25) is 17.7 Å². The molecule has 1 heterocycles. The van der Waals surface area contributed by atoms with Crippen molar-refractivity contribution in [2.24, 2.45) is 11.5 Å². The summed E-state index contributed by atoms with van der Waals surface area (Å²) >= 11 is 0. The van der Waals surface area contributed by atoms with Crippen LogP contribution in [-0.4, -0.2) is 16.8 Å². The molecule has 0 aliphatic rings. The molecule has 6 heteroatoms. The lowest BCUT2D eigenvalue weighted by molar-refractivity contribution is 0.0999. The van der Waals surface area contributed by atoms with Gasteiger partial charge in [0.15, 0.2) is 0 Å². The summed E-state index contributed by atoms with van der Waals surface area (Å²) in [5.74, 6) is -1.02. The molecule has 0 aliphatic carbocycles. The first kappa shape index (κ1) is 10.9. The Kier molecular flexibility index (Phi) is 2.61. The Morgan fingerprint density at radius 1 is 1.06 bits per heavy atom. The zero-order valence-electron chi connectivity index (χ0n) is 8.71. The fourth-order valence-electron chi connectivity index (χ4n) is 1.40. The van der Waals surface area contributed by atoms with E-state index in [9.17, 15) is 9.59 Å². The molecule has 17 heavy (non-hydrogen) atoms. The number of nitrogens with two attached hydrogens (primary N) is 2. The van der Waals surface area contributed by atoms with Crippen LogP contribution in [0.3, 0.4) is 0 Å². The molecule has 0 saturated heterocycles. The van der Waals surface area contributed by atoms with Crippen LogP contribution >= 0.6 is 0 Å². The number of aromatic nitrogens is 1. The van der Waals surface area contributed by atoms with E-state index in [-0.39, 0.29) is 17.0 Å². The molecular formula is C11H9N3O3. The second-order valence-corrected chi connectivity index (χ2v) is 3.36. The molecule has 0 atom stereocenters. The van der Waals surface area contributed by atoms with Gasteiger partial charge in [-0.2, -0.15) is 0 Å². The average Bonchev–Trinajstić information content (AvgIpc) is 2.81. The van der Waals surface area contributed by atoms with E-state index in [0.29, 0.717) is 5.56 Å². The van der Waals surface area contributed by atoms with Crippen LogP contribution in [0, 0.1) is 0 Å². The zero-order valence-corrected chi connectivity index (χ0v) is 8.71. The maximum atomic E-state index is 11.1. The Labute approximate surface area is 96.2 Å². The minimum atomic E-state index is -0.652. The molecule has 2 rings (SSSR count). The smallest absolute Gasteiger partial charge is 0.248 e. The third-order valence-corrected chi connectivity index (χ3v) is 2.18. The van der Waals surface area contributed by atoms with Crippen molar-refractivity contribution in [2.75, 3.05) is 0 Å². The molecule has 4 N–H and O–H groups in total. The topological polar surface area (TPSA) is 112 Å². The fraction of sp³-hybridized carbons (Fsp3) is 0. The van der Waals surface area contributed by atoms with Crippen LogP contribution in [0.5, 0.6) is 0 Å². The number of hydrogen-bond acceptors (Lipinski definition) is 4. The molecule has 0 aliphatic heterocycles. The first-order valence-electron chi connectivity index (χ1n) is 4.72. The van der Waals surface area contributed by atoms with E-state index < -0.39 is 11.8 Å². The Balaban J connectivity index is 2.60. The van der Waals surface area contributed by atoms with Gasteiger partial charge in [-0.3, -0.25) is 9.59 Å². The number of carbonyl (C=O) groups is 2. The lowest BCUT2D eigenvalue weighted by Crippen LogP contribution is -2.15. The lowest BCUT2D eigenvalue weighted by Gasteiger charge is -2.03. The highest BCUT2D eigenvalue weighted by molar-refractivity contribution is 6.00. The summed E-state index contributed by atoms with van der Waals surface area (Å²) in [6.45, 7) is 0. The van der Waals surface area contributed by atoms with Crippen molar-refractivity contribution in [1.82, 2.24) is 4.98 Å². The summed E-state index contributed by atoms with van der Waals surface area (Å²) < 4.78 is 5.07. The van der Waals surface area contributed by atoms with E-state index in [1.807, 2.05) is 0 Å². The fourth-order valence-corrected chi connectivity index (χ4v) is 1.40. The van der Waals surface area contributed by atoms with E-state index in [1.54, 1.807) is 0 Å². The van der Waals surface area contributed by atoms with Crippen LogP contribution in [-0.2, 0) is 0 Å². The number of hydrogen-bond donors (Lipinski definition) is 2. The predicted molar refractivity (Wildman–Crippen MR) is 59.0 cm³/mol. The Hall–Kier alpha value is -2.63. The molecule has 0 spiro atoms. The van der Waals surface area contributed by atoms with Crippen molar-refractivity contribution >= 4 is 11.8 Å². The second kappa shape index (κ2) is 4.09. The molecule has 0 radical (unpaired) electrons. The Bertz CT molecular complexity index is 543. The zero-order chi connectivity index (χ0) is 12.4. The molecule has 6 nitrogen and oxygen atoms in total. The largest absolute Gasteiger partial charge is 0.445 e. The van der Waals surface area contributed by atoms with Gasteiger partial charge in [-0.1, -0.05) is 0 Å². The molecule has 2 amide bonds. The summed E-state index contributed by atoms with van der Waals surface area (Å²) in [6.07, 6.45) is 2.84. The number of benzene rings is 1. The third-order valence-electron chi connectivity index (χ3n) is 2.18. The molecule has 0 bridgehead atoms. The van der Waals surface area contributed by atoms with Gasteiger partial charge in [0.1, 0.15) is 6.26 Å². The summed E-state index contributed by atoms with van der Waals surface area (Å²) in [5, 5.41) is 0. The van der Waals surface area contributed by atoms with Gasteiger partial charge in [0.25, 0.3) is 0 Å². The van der Waals surface area contributed by atoms with Crippen LogP contribution in [0.1, 0.15) is 20.7 Å². The normalized spacial score (nSPS) is 10.1. The van der Waals surface area contributed by atoms with Crippen LogP contribution < -0.4 is 11.5 Å². The summed E-state index contributed by atoms with van der Waals surface area (Å²) in [7, 11) is 0. The average molecular weight is 231 g/mol. The molecule has 0 saturated carbocycles. The van der Waals surface area contributed by atoms with Crippen LogP contribution in [0.25, 0.3) is 11.5 Å². The number of carbonyl (C=O) groups excluding carboxylic acids is 2. The number of primary amides is 2. The molecule has 0 unspecified atom stereocenters. The minimum Gasteiger partial charge on any atom is -0.445 e. The maximum absolute atomic E-state index is 11.1. The van der Waals surface area contributed by atoms with Crippen molar-refractivity contribution in [1.29, 1.82) is 0 Å². The van der Waals surface area contributed by atoms with Gasteiger partial charge in [-0.25, -0.2) is 4.98 Å². The van der Waals surface area contributed by atoms with Crippen molar-refractivity contribution in [3.05, 3.63) is 41.8 Å². The van der Waals surface area contributed by atoms with E-state index in [1.165, 1.54) is 30.7 Å². The third kappa shape index (κ3) is 2.15. The van der Waals surface area contributed by atoms with Gasteiger partial charge in [0.05, 0.1) is 6.20 Å². The van der Waals surface area contributed by atoms with Crippen molar-refractivity contribution in [3.63, 3.8) is 0 Å². The second-order valence-electron chi connectivity index (χ2n) is 3.36. The maximum Gasteiger partial charge on any atom is 0.248 e. The Morgan fingerprint density at radius 3 is 2.06 bits per heavy atom. The standard InChI is InChI=1S/C11H9N3O3/c12-9(15)6-3-7(10(13)16)5-8(4-6)11-14-1-2-17-11/h1-5H,(H2,12,15)(H2,13,16). The predicted octanol–water partition coefficient (Wildman–Crippen LogP) is 0.539. The minimum absolute atomic E-state index is 0.175. The quantitative estimate of drug-likeness (QED) is 0.802. The highest BCUT2D eigenvalue weighted by Gasteiger charge is 2.12. The molecule has 1 aromatic heterocycles. The first-order chi connectivity index (χ1) is 8.08. The Morgan fingerprint density at radius 2 is 1.65 bits per heavy atom. The van der Waals surface area contributed by atoms with Gasteiger partial charge in [0, 0.05) is 16.7 Å². The van der Waals surface area contributed by atoms with E-state index in [2.05, 4.69) is 4.98 Å². The van der Waals surface area contributed by atoms with E-state index >= 15 is 0 Å². The first-order valence-corrected chi connectivity index (χ1v) is 4.72. The monoisotopic (exact) mass is 231 g/mol. The van der Waals surface area contributed by atoms with Crippen LogP contribution in [0.2, 0.25) is 0 Å². The van der Waals surface area contributed by atoms with Crippen molar-refractivity contribution < 1.29 is 14.0 Å². The molecule has 86 valence electrons. The highest BCUT2D eigenvalue weighted by atomic mass is 16.3. The van der Waals surface area contributed by atoms with Crippen LogP contribution in [0.15, 0.2) is 35.1 Å². The van der Waals surface area contributed by atoms with Gasteiger partial charge < -0.3 is 15.9 Å².